The molecule has 0 fully saturated rings. The van der Waals surface area contributed by atoms with Crippen molar-refractivity contribution < 1.29 is 9.21 Å². The van der Waals surface area contributed by atoms with Gasteiger partial charge in [-0.1, -0.05) is 42.1 Å². The van der Waals surface area contributed by atoms with Crippen LogP contribution in [0.25, 0.3) is 11.5 Å². The molecule has 1 aliphatic rings. The average Bonchev–Trinajstić information content (AvgIpc) is 3.50. The van der Waals surface area contributed by atoms with E-state index in [0.29, 0.717) is 17.7 Å². The van der Waals surface area contributed by atoms with Crippen LogP contribution in [0.5, 0.6) is 0 Å². The van der Waals surface area contributed by atoms with E-state index in [9.17, 15) is 4.79 Å². The first kappa shape index (κ1) is 21.1. The van der Waals surface area contributed by atoms with Crippen LogP contribution in [0.3, 0.4) is 0 Å². The first-order chi connectivity index (χ1) is 15.2. The standard InChI is InChI=1S/C23H25N5O2S/c1-3-27(4-2)19-12-10-18(11-13-19)22-24-25-23(30-22)31-16-21(29)28-15-14-20(26-28)17-8-6-5-7-9-17/h5-13H,3-4,14-16H2,1-2H3. The van der Waals surface area contributed by atoms with Gasteiger partial charge >= 0.3 is 0 Å². The number of carbonyl (C=O) groups excluding carboxylic acids is 1. The lowest BCUT2D eigenvalue weighted by Gasteiger charge is -2.20. The lowest BCUT2D eigenvalue weighted by Crippen LogP contribution is -2.25. The van der Waals surface area contributed by atoms with Gasteiger partial charge in [0.05, 0.1) is 18.0 Å². The molecule has 0 unspecified atom stereocenters. The van der Waals surface area contributed by atoms with Crippen LogP contribution >= 0.6 is 11.8 Å². The molecule has 31 heavy (non-hydrogen) atoms. The molecular formula is C23H25N5O2S. The predicted molar refractivity (Wildman–Crippen MR) is 123 cm³/mol. The van der Waals surface area contributed by atoms with Gasteiger partial charge in [0.2, 0.25) is 5.89 Å². The summed E-state index contributed by atoms with van der Waals surface area (Å²) in [6, 6.07) is 18.0. The van der Waals surface area contributed by atoms with E-state index in [-0.39, 0.29) is 11.7 Å². The van der Waals surface area contributed by atoms with Crippen molar-refractivity contribution in [2.24, 2.45) is 5.10 Å². The molecule has 0 radical (unpaired) electrons. The summed E-state index contributed by atoms with van der Waals surface area (Å²) < 4.78 is 5.75. The van der Waals surface area contributed by atoms with Gasteiger partial charge in [-0.25, -0.2) is 5.01 Å². The third kappa shape index (κ3) is 4.96. The topological polar surface area (TPSA) is 74.8 Å². The van der Waals surface area contributed by atoms with Crippen LogP contribution in [0.2, 0.25) is 0 Å². The molecule has 4 rings (SSSR count). The van der Waals surface area contributed by atoms with Crippen LogP contribution in [0, 0.1) is 0 Å². The Morgan fingerprint density at radius 2 is 1.77 bits per heavy atom. The van der Waals surface area contributed by atoms with E-state index >= 15 is 0 Å². The zero-order valence-corrected chi connectivity index (χ0v) is 18.5. The highest BCUT2D eigenvalue weighted by atomic mass is 32.2. The Balaban J connectivity index is 1.34. The SMILES string of the molecule is CCN(CC)c1ccc(-c2nnc(SCC(=O)N3CCC(c4ccccc4)=N3)o2)cc1. The molecule has 160 valence electrons. The van der Waals surface area contributed by atoms with Gasteiger partial charge in [-0.3, -0.25) is 4.79 Å². The Morgan fingerprint density at radius 1 is 1.03 bits per heavy atom. The zero-order valence-electron chi connectivity index (χ0n) is 17.7. The fourth-order valence-electron chi connectivity index (χ4n) is 3.46. The molecule has 7 nitrogen and oxygen atoms in total. The second kappa shape index (κ2) is 9.78. The zero-order chi connectivity index (χ0) is 21.6. The quantitative estimate of drug-likeness (QED) is 0.491. The van der Waals surface area contributed by atoms with Gasteiger partial charge in [-0.15, -0.1) is 10.2 Å². The first-order valence-corrected chi connectivity index (χ1v) is 11.4. The van der Waals surface area contributed by atoms with Crippen LogP contribution in [0.1, 0.15) is 25.8 Å². The Labute approximate surface area is 186 Å². The molecule has 0 spiro atoms. The molecule has 0 aliphatic carbocycles. The van der Waals surface area contributed by atoms with E-state index in [4.69, 9.17) is 4.42 Å². The Kier molecular flexibility index (Phi) is 6.66. The maximum absolute atomic E-state index is 12.5. The van der Waals surface area contributed by atoms with Crippen molar-refractivity contribution in [2.45, 2.75) is 25.5 Å². The summed E-state index contributed by atoms with van der Waals surface area (Å²) >= 11 is 1.23. The minimum atomic E-state index is -0.0701. The third-order valence-corrected chi connectivity index (χ3v) is 5.97. The van der Waals surface area contributed by atoms with E-state index < -0.39 is 0 Å². The monoisotopic (exact) mass is 435 g/mol. The van der Waals surface area contributed by atoms with Crippen molar-refractivity contribution in [2.75, 3.05) is 30.3 Å². The van der Waals surface area contributed by atoms with Crippen LogP contribution in [0.15, 0.2) is 69.3 Å². The van der Waals surface area contributed by atoms with Crippen molar-refractivity contribution in [3.63, 3.8) is 0 Å². The minimum absolute atomic E-state index is 0.0701. The van der Waals surface area contributed by atoms with Gasteiger partial charge in [-0.05, 0) is 43.7 Å². The second-order valence-electron chi connectivity index (χ2n) is 7.06. The van der Waals surface area contributed by atoms with E-state index in [0.717, 1.165) is 42.0 Å². The Bertz CT molecular complexity index is 1050. The average molecular weight is 436 g/mol. The van der Waals surface area contributed by atoms with Crippen molar-refractivity contribution >= 4 is 29.1 Å². The van der Waals surface area contributed by atoms with Gasteiger partial charge in [0, 0.05) is 30.8 Å². The number of aromatic nitrogens is 2. The number of hydrazone groups is 1. The lowest BCUT2D eigenvalue weighted by atomic mass is 10.1. The summed E-state index contributed by atoms with van der Waals surface area (Å²) in [5.41, 5.74) is 4.01. The molecule has 0 saturated heterocycles. The summed E-state index contributed by atoms with van der Waals surface area (Å²) in [6.07, 6.45) is 0.759. The number of carbonyl (C=O) groups is 1. The maximum atomic E-state index is 12.5. The molecular weight excluding hydrogens is 410 g/mol. The Hall–Kier alpha value is -3.13. The van der Waals surface area contributed by atoms with Crippen molar-refractivity contribution in [3.05, 3.63) is 60.2 Å². The molecule has 1 aromatic heterocycles. The third-order valence-electron chi connectivity index (χ3n) is 5.17. The van der Waals surface area contributed by atoms with Gasteiger partial charge in [0.1, 0.15) is 0 Å². The molecule has 3 aromatic rings. The highest BCUT2D eigenvalue weighted by Crippen LogP contribution is 2.26. The number of anilines is 1. The largest absolute Gasteiger partial charge is 0.411 e. The van der Waals surface area contributed by atoms with E-state index in [1.165, 1.54) is 16.8 Å². The number of hydrogen-bond acceptors (Lipinski definition) is 7. The second-order valence-corrected chi connectivity index (χ2v) is 7.99. The van der Waals surface area contributed by atoms with E-state index in [2.05, 4.69) is 46.2 Å². The summed E-state index contributed by atoms with van der Waals surface area (Å²) in [4.78, 5) is 14.8. The molecule has 1 amide bonds. The van der Waals surface area contributed by atoms with E-state index in [1.807, 2.05) is 42.5 Å². The molecule has 0 saturated carbocycles. The van der Waals surface area contributed by atoms with Crippen LogP contribution in [-0.4, -0.2) is 52.2 Å². The van der Waals surface area contributed by atoms with E-state index in [1.54, 1.807) is 0 Å². The van der Waals surface area contributed by atoms with Gasteiger partial charge in [-0.2, -0.15) is 5.10 Å². The smallest absolute Gasteiger partial charge is 0.277 e. The molecule has 0 bridgehead atoms. The molecule has 2 heterocycles. The normalized spacial score (nSPS) is 13.4. The Morgan fingerprint density at radius 3 is 2.48 bits per heavy atom. The fourth-order valence-corrected chi connectivity index (χ4v) is 4.09. The van der Waals surface area contributed by atoms with Gasteiger partial charge in [0.25, 0.3) is 11.1 Å². The number of benzene rings is 2. The van der Waals surface area contributed by atoms with Crippen molar-refractivity contribution in [3.8, 4) is 11.5 Å². The summed E-state index contributed by atoms with van der Waals surface area (Å²) in [5, 5.41) is 14.6. The van der Waals surface area contributed by atoms with Crippen LogP contribution in [0.4, 0.5) is 5.69 Å². The number of amides is 1. The molecule has 8 heteroatoms. The summed E-state index contributed by atoms with van der Waals surface area (Å²) in [7, 11) is 0. The summed E-state index contributed by atoms with van der Waals surface area (Å²) in [5.74, 6) is 0.583. The molecule has 0 N–H and O–H groups in total. The molecule has 0 atom stereocenters. The molecule has 1 aliphatic heterocycles. The first-order valence-electron chi connectivity index (χ1n) is 10.4. The number of rotatable bonds is 8. The number of hydrogen-bond donors (Lipinski definition) is 0. The lowest BCUT2D eigenvalue weighted by molar-refractivity contribution is -0.127. The predicted octanol–water partition coefficient (Wildman–Crippen LogP) is 4.31. The highest BCUT2D eigenvalue weighted by molar-refractivity contribution is 7.99. The highest BCUT2D eigenvalue weighted by Gasteiger charge is 2.22. The van der Waals surface area contributed by atoms with Crippen LogP contribution in [-0.2, 0) is 4.79 Å². The molecule has 2 aromatic carbocycles. The minimum Gasteiger partial charge on any atom is -0.411 e. The summed E-state index contributed by atoms with van der Waals surface area (Å²) in [6.45, 7) is 6.78. The number of thioether (sulfide) groups is 1. The van der Waals surface area contributed by atoms with Crippen molar-refractivity contribution in [1.82, 2.24) is 15.2 Å². The number of nitrogens with zero attached hydrogens (tertiary/aromatic N) is 5. The van der Waals surface area contributed by atoms with Gasteiger partial charge in [0.15, 0.2) is 0 Å². The van der Waals surface area contributed by atoms with Crippen molar-refractivity contribution in [1.29, 1.82) is 0 Å². The maximum Gasteiger partial charge on any atom is 0.277 e. The fraction of sp³-hybridized carbons (Fsp3) is 0.304. The van der Waals surface area contributed by atoms with Gasteiger partial charge < -0.3 is 9.32 Å². The van der Waals surface area contributed by atoms with Crippen LogP contribution < -0.4 is 4.90 Å².